The van der Waals surface area contributed by atoms with Crippen LogP contribution in [0.25, 0.3) is 0 Å². The summed E-state index contributed by atoms with van der Waals surface area (Å²) in [5.41, 5.74) is 0. The predicted molar refractivity (Wildman–Crippen MR) is 60.7 cm³/mol. The Bertz CT molecular complexity index is 289. The van der Waals surface area contributed by atoms with E-state index < -0.39 is 9.84 Å². The van der Waals surface area contributed by atoms with Gasteiger partial charge in [0.25, 0.3) is 0 Å². The second-order valence-corrected chi connectivity index (χ2v) is 6.67. The molecule has 1 heterocycles. The smallest absolute Gasteiger partial charge is 0.154 e. The minimum atomic E-state index is -2.82. The zero-order chi connectivity index (χ0) is 11.5. The standard InChI is InChI=1S/C10H21NO3S/c1-8(9(2)14-3)11-7-10-5-4-6-15(10,12)13/h8-11H,4-7H2,1-3H3. The minimum Gasteiger partial charge on any atom is -0.380 e. The van der Waals surface area contributed by atoms with Gasteiger partial charge < -0.3 is 10.1 Å². The molecule has 0 saturated carbocycles. The van der Waals surface area contributed by atoms with E-state index >= 15 is 0 Å². The van der Waals surface area contributed by atoms with Crippen molar-refractivity contribution >= 4 is 9.84 Å². The van der Waals surface area contributed by atoms with Crippen molar-refractivity contribution in [1.29, 1.82) is 0 Å². The lowest BCUT2D eigenvalue weighted by Gasteiger charge is -2.21. The van der Waals surface area contributed by atoms with E-state index in [1.54, 1.807) is 7.11 Å². The highest BCUT2D eigenvalue weighted by Gasteiger charge is 2.31. The van der Waals surface area contributed by atoms with Crippen molar-refractivity contribution in [3.8, 4) is 0 Å². The summed E-state index contributed by atoms with van der Waals surface area (Å²) in [7, 11) is -1.16. The van der Waals surface area contributed by atoms with Crippen LogP contribution in [0.4, 0.5) is 0 Å². The van der Waals surface area contributed by atoms with E-state index in [1.807, 2.05) is 13.8 Å². The molecule has 0 spiro atoms. The van der Waals surface area contributed by atoms with E-state index in [0.29, 0.717) is 12.3 Å². The molecule has 3 unspecified atom stereocenters. The molecule has 0 bridgehead atoms. The van der Waals surface area contributed by atoms with E-state index in [1.165, 1.54) is 0 Å². The van der Waals surface area contributed by atoms with E-state index in [-0.39, 0.29) is 17.4 Å². The lowest BCUT2D eigenvalue weighted by Crippen LogP contribution is -2.41. The molecule has 1 saturated heterocycles. The van der Waals surface area contributed by atoms with Crippen LogP contribution in [-0.2, 0) is 14.6 Å². The summed E-state index contributed by atoms with van der Waals surface area (Å²) < 4.78 is 28.3. The molecule has 90 valence electrons. The van der Waals surface area contributed by atoms with Crippen molar-refractivity contribution in [3.05, 3.63) is 0 Å². The Morgan fingerprint density at radius 1 is 1.47 bits per heavy atom. The zero-order valence-corrected chi connectivity index (χ0v) is 10.5. The van der Waals surface area contributed by atoms with Crippen molar-refractivity contribution in [1.82, 2.24) is 5.32 Å². The third kappa shape index (κ3) is 3.43. The predicted octanol–water partition coefficient (Wildman–Crippen LogP) is 0.577. The number of ether oxygens (including phenoxy) is 1. The van der Waals surface area contributed by atoms with Crippen LogP contribution in [0.3, 0.4) is 0 Å². The average molecular weight is 235 g/mol. The Labute approximate surface area is 92.3 Å². The molecule has 1 fully saturated rings. The van der Waals surface area contributed by atoms with Crippen LogP contribution >= 0.6 is 0 Å². The second-order valence-electron chi connectivity index (χ2n) is 4.27. The Kier molecular flexibility index (Phi) is 4.55. The first-order chi connectivity index (χ1) is 6.97. The van der Waals surface area contributed by atoms with Crippen LogP contribution in [0, 0.1) is 0 Å². The van der Waals surface area contributed by atoms with Crippen LogP contribution in [-0.4, -0.2) is 45.2 Å². The summed E-state index contributed by atoms with van der Waals surface area (Å²) in [5, 5.41) is 3.04. The molecular formula is C10H21NO3S. The van der Waals surface area contributed by atoms with Crippen LogP contribution in [0.15, 0.2) is 0 Å². The Morgan fingerprint density at radius 2 is 2.13 bits per heavy atom. The molecule has 15 heavy (non-hydrogen) atoms. The van der Waals surface area contributed by atoms with Crippen molar-refractivity contribution in [3.63, 3.8) is 0 Å². The maximum atomic E-state index is 11.5. The van der Waals surface area contributed by atoms with Gasteiger partial charge in [0, 0.05) is 19.7 Å². The van der Waals surface area contributed by atoms with Crippen LogP contribution in [0.5, 0.6) is 0 Å². The Hall–Kier alpha value is -0.130. The highest BCUT2D eigenvalue weighted by molar-refractivity contribution is 7.92. The minimum absolute atomic E-state index is 0.106. The Morgan fingerprint density at radius 3 is 2.60 bits per heavy atom. The molecule has 0 aliphatic carbocycles. The van der Waals surface area contributed by atoms with Gasteiger partial charge in [0.15, 0.2) is 9.84 Å². The summed E-state index contributed by atoms with van der Waals surface area (Å²) in [5.74, 6) is 0.355. The maximum absolute atomic E-state index is 11.5. The van der Waals surface area contributed by atoms with Gasteiger partial charge in [0.1, 0.15) is 0 Å². The maximum Gasteiger partial charge on any atom is 0.154 e. The monoisotopic (exact) mass is 235 g/mol. The van der Waals surface area contributed by atoms with Crippen molar-refractivity contribution in [2.75, 3.05) is 19.4 Å². The lowest BCUT2D eigenvalue weighted by atomic mass is 10.2. The second kappa shape index (κ2) is 5.27. The molecule has 1 rings (SSSR count). The molecule has 1 N–H and O–H groups in total. The van der Waals surface area contributed by atoms with E-state index in [4.69, 9.17) is 4.74 Å². The first kappa shape index (κ1) is 12.9. The third-order valence-corrected chi connectivity index (χ3v) is 5.48. The lowest BCUT2D eigenvalue weighted by molar-refractivity contribution is 0.0888. The van der Waals surface area contributed by atoms with Gasteiger partial charge >= 0.3 is 0 Å². The third-order valence-electron chi connectivity index (χ3n) is 3.21. The molecular weight excluding hydrogens is 214 g/mol. The topological polar surface area (TPSA) is 55.4 Å². The van der Waals surface area contributed by atoms with Gasteiger partial charge in [-0.1, -0.05) is 0 Å². The molecule has 4 nitrogen and oxygen atoms in total. The van der Waals surface area contributed by atoms with E-state index in [0.717, 1.165) is 12.8 Å². The fraction of sp³-hybridized carbons (Fsp3) is 1.00. The van der Waals surface area contributed by atoms with Crippen molar-refractivity contribution < 1.29 is 13.2 Å². The highest BCUT2D eigenvalue weighted by atomic mass is 32.2. The first-order valence-corrected chi connectivity index (χ1v) is 7.16. The molecule has 0 amide bonds. The highest BCUT2D eigenvalue weighted by Crippen LogP contribution is 2.19. The SMILES string of the molecule is COC(C)C(C)NCC1CCCS1(=O)=O. The number of rotatable bonds is 5. The number of sulfone groups is 1. The van der Waals surface area contributed by atoms with Crippen LogP contribution in [0.1, 0.15) is 26.7 Å². The summed E-state index contributed by atoms with van der Waals surface area (Å²) in [4.78, 5) is 0. The number of nitrogens with one attached hydrogen (secondary N) is 1. The number of methoxy groups -OCH3 is 1. The quantitative estimate of drug-likeness (QED) is 0.757. The van der Waals surface area contributed by atoms with Gasteiger partial charge in [-0.05, 0) is 26.7 Å². The largest absolute Gasteiger partial charge is 0.380 e. The summed E-state index contributed by atoms with van der Waals surface area (Å²) in [6.07, 6.45) is 1.71. The Balaban J connectivity index is 2.37. The molecule has 0 aromatic carbocycles. The summed E-state index contributed by atoms with van der Waals surface area (Å²) >= 11 is 0. The fourth-order valence-electron chi connectivity index (χ4n) is 1.77. The summed E-state index contributed by atoms with van der Waals surface area (Å²) in [6.45, 7) is 4.54. The zero-order valence-electron chi connectivity index (χ0n) is 9.69. The van der Waals surface area contributed by atoms with Crippen molar-refractivity contribution in [2.45, 2.75) is 44.1 Å². The van der Waals surface area contributed by atoms with Crippen LogP contribution < -0.4 is 5.32 Å². The van der Waals surface area contributed by atoms with Gasteiger partial charge in [-0.2, -0.15) is 0 Å². The molecule has 3 atom stereocenters. The van der Waals surface area contributed by atoms with Crippen molar-refractivity contribution in [2.24, 2.45) is 0 Å². The number of hydrogen-bond acceptors (Lipinski definition) is 4. The fourth-order valence-corrected chi connectivity index (χ4v) is 3.55. The molecule has 0 aromatic heterocycles. The number of hydrogen-bond donors (Lipinski definition) is 1. The van der Waals surface area contributed by atoms with E-state index in [2.05, 4.69) is 5.32 Å². The molecule has 5 heteroatoms. The first-order valence-electron chi connectivity index (χ1n) is 5.45. The molecule has 1 aliphatic rings. The molecule has 1 aliphatic heterocycles. The van der Waals surface area contributed by atoms with Gasteiger partial charge in [-0.25, -0.2) is 8.42 Å². The molecule has 0 radical (unpaired) electrons. The average Bonchev–Trinajstić information content (AvgIpc) is 2.53. The van der Waals surface area contributed by atoms with E-state index in [9.17, 15) is 8.42 Å². The summed E-state index contributed by atoms with van der Waals surface area (Å²) in [6, 6.07) is 0.186. The normalized spacial score (nSPS) is 28.9. The van der Waals surface area contributed by atoms with Gasteiger partial charge in [0.05, 0.1) is 17.1 Å². The van der Waals surface area contributed by atoms with Gasteiger partial charge in [0.2, 0.25) is 0 Å². The van der Waals surface area contributed by atoms with Gasteiger partial charge in [-0.15, -0.1) is 0 Å². The van der Waals surface area contributed by atoms with Gasteiger partial charge in [-0.3, -0.25) is 0 Å². The molecule has 0 aromatic rings. The van der Waals surface area contributed by atoms with Crippen LogP contribution in [0.2, 0.25) is 0 Å².